The molecule has 3 nitrogen and oxygen atoms in total. The third-order valence-electron chi connectivity index (χ3n) is 6.07. The Morgan fingerprint density at radius 3 is 2.30 bits per heavy atom. The fraction of sp³-hybridized carbons (Fsp3) is 1.00. The van der Waals surface area contributed by atoms with Gasteiger partial charge in [0.05, 0.1) is 0 Å². The zero-order valence-corrected chi connectivity index (χ0v) is 13.8. The summed E-state index contributed by atoms with van der Waals surface area (Å²) in [6.45, 7) is 9.33. The Morgan fingerprint density at radius 1 is 1.15 bits per heavy atom. The molecule has 3 heteroatoms. The normalized spacial score (nSPS) is 31.6. The van der Waals surface area contributed by atoms with Gasteiger partial charge in [0.25, 0.3) is 0 Å². The molecule has 0 aromatic rings. The first-order chi connectivity index (χ1) is 9.67. The standard InChI is InChI=1S/C17H35N3/c1-4-20(5-2)17(11-6-7-12-17)16(19-18)15-10-8-9-14(3)13-15/h14-16,19H,4-13,18H2,1-3H3. The van der Waals surface area contributed by atoms with Crippen LogP contribution in [0.1, 0.15) is 72.1 Å². The molecule has 0 heterocycles. The van der Waals surface area contributed by atoms with Crippen LogP contribution >= 0.6 is 0 Å². The average Bonchev–Trinajstić information content (AvgIpc) is 2.91. The molecule has 0 radical (unpaired) electrons. The fourth-order valence-electron chi connectivity index (χ4n) is 5.18. The van der Waals surface area contributed by atoms with Crippen molar-refractivity contribution in [2.45, 2.75) is 83.7 Å². The van der Waals surface area contributed by atoms with Crippen LogP contribution in [0.5, 0.6) is 0 Å². The van der Waals surface area contributed by atoms with Gasteiger partial charge in [0.1, 0.15) is 0 Å². The number of hydrogen-bond donors (Lipinski definition) is 2. The lowest BCUT2D eigenvalue weighted by atomic mass is 9.71. The Morgan fingerprint density at radius 2 is 1.80 bits per heavy atom. The van der Waals surface area contributed by atoms with Crippen LogP contribution < -0.4 is 11.3 Å². The van der Waals surface area contributed by atoms with Crippen molar-refractivity contribution in [2.75, 3.05) is 13.1 Å². The van der Waals surface area contributed by atoms with Crippen LogP contribution in [0.3, 0.4) is 0 Å². The Kier molecular flexibility index (Phi) is 5.88. The largest absolute Gasteiger partial charge is 0.297 e. The van der Waals surface area contributed by atoms with Crippen molar-refractivity contribution >= 4 is 0 Å². The first kappa shape index (κ1) is 16.3. The maximum absolute atomic E-state index is 6.08. The molecule has 0 aromatic carbocycles. The van der Waals surface area contributed by atoms with Gasteiger partial charge in [-0.15, -0.1) is 0 Å². The predicted octanol–water partition coefficient (Wildman–Crippen LogP) is 3.30. The van der Waals surface area contributed by atoms with Gasteiger partial charge in [-0.25, -0.2) is 0 Å². The Bertz CT molecular complexity index is 282. The average molecular weight is 281 g/mol. The topological polar surface area (TPSA) is 41.3 Å². The van der Waals surface area contributed by atoms with E-state index in [9.17, 15) is 0 Å². The van der Waals surface area contributed by atoms with Crippen LogP contribution in [-0.2, 0) is 0 Å². The van der Waals surface area contributed by atoms with E-state index in [4.69, 9.17) is 5.84 Å². The summed E-state index contributed by atoms with van der Waals surface area (Å²) in [5, 5.41) is 0. The second-order valence-corrected chi connectivity index (χ2v) is 7.16. The van der Waals surface area contributed by atoms with Gasteiger partial charge in [0, 0.05) is 11.6 Å². The number of hydrazine groups is 1. The van der Waals surface area contributed by atoms with Gasteiger partial charge in [0.2, 0.25) is 0 Å². The third kappa shape index (κ3) is 3.05. The minimum absolute atomic E-state index is 0.319. The molecule has 2 saturated carbocycles. The van der Waals surface area contributed by atoms with Crippen LogP contribution in [0, 0.1) is 11.8 Å². The summed E-state index contributed by atoms with van der Waals surface area (Å²) in [7, 11) is 0. The van der Waals surface area contributed by atoms with E-state index in [0.717, 1.165) is 24.9 Å². The summed E-state index contributed by atoms with van der Waals surface area (Å²) in [6.07, 6.45) is 10.9. The van der Waals surface area contributed by atoms with Gasteiger partial charge in [-0.3, -0.25) is 16.2 Å². The van der Waals surface area contributed by atoms with Crippen molar-refractivity contribution in [3.05, 3.63) is 0 Å². The first-order valence-electron chi connectivity index (χ1n) is 8.89. The smallest absolute Gasteiger partial charge is 0.0423 e. The van der Waals surface area contributed by atoms with Crippen LogP contribution in [0.2, 0.25) is 0 Å². The molecular weight excluding hydrogens is 246 g/mol. The Labute approximate surface area is 125 Å². The summed E-state index contributed by atoms with van der Waals surface area (Å²) in [6, 6.07) is 0.479. The highest BCUT2D eigenvalue weighted by molar-refractivity contribution is 5.05. The minimum atomic E-state index is 0.319. The van der Waals surface area contributed by atoms with Gasteiger partial charge in [-0.1, -0.05) is 46.5 Å². The summed E-state index contributed by atoms with van der Waals surface area (Å²) in [5.74, 6) is 7.73. The lowest BCUT2D eigenvalue weighted by Crippen LogP contribution is -2.64. The molecule has 2 aliphatic carbocycles. The van der Waals surface area contributed by atoms with Gasteiger partial charge in [-0.05, 0) is 50.6 Å². The molecule has 3 unspecified atom stereocenters. The molecule has 0 aromatic heterocycles. The van der Waals surface area contributed by atoms with E-state index < -0.39 is 0 Å². The third-order valence-corrected chi connectivity index (χ3v) is 6.07. The second-order valence-electron chi connectivity index (χ2n) is 7.16. The molecule has 118 valence electrons. The molecule has 2 rings (SSSR count). The number of rotatable bonds is 6. The van der Waals surface area contributed by atoms with Gasteiger partial charge >= 0.3 is 0 Å². The molecule has 2 aliphatic rings. The highest BCUT2D eigenvalue weighted by Crippen LogP contribution is 2.44. The van der Waals surface area contributed by atoms with Crippen molar-refractivity contribution < 1.29 is 0 Å². The number of hydrogen-bond acceptors (Lipinski definition) is 3. The van der Waals surface area contributed by atoms with E-state index in [1.165, 1.54) is 51.4 Å². The highest BCUT2D eigenvalue weighted by atomic mass is 15.3. The van der Waals surface area contributed by atoms with E-state index in [-0.39, 0.29) is 0 Å². The maximum atomic E-state index is 6.08. The molecule has 0 amide bonds. The lowest BCUT2D eigenvalue weighted by molar-refractivity contribution is 0.0253. The summed E-state index contributed by atoms with van der Waals surface area (Å²) >= 11 is 0. The number of likely N-dealkylation sites (N-methyl/N-ethyl adjacent to an activating group) is 1. The molecule has 0 spiro atoms. The lowest BCUT2D eigenvalue weighted by Gasteiger charge is -2.50. The molecular formula is C17H35N3. The predicted molar refractivity (Wildman–Crippen MR) is 86.4 cm³/mol. The van der Waals surface area contributed by atoms with E-state index in [0.29, 0.717) is 11.6 Å². The van der Waals surface area contributed by atoms with E-state index in [2.05, 4.69) is 31.1 Å². The first-order valence-corrected chi connectivity index (χ1v) is 8.89. The second kappa shape index (κ2) is 7.24. The van der Waals surface area contributed by atoms with Crippen LogP contribution in [0.25, 0.3) is 0 Å². The minimum Gasteiger partial charge on any atom is -0.297 e. The number of nitrogens with two attached hydrogens (primary N) is 1. The van der Waals surface area contributed by atoms with E-state index in [1.807, 2.05) is 0 Å². The van der Waals surface area contributed by atoms with Crippen LogP contribution in [0.15, 0.2) is 0 Å². The van der Waals surface area contributed by atoms with Crippen molar-refractivity contribution in [2.24, 2.45) is 17.7 Å². The molecule has 0 saturated heterocycles. The molecule has 0 bridgehead atoms. The van der Waals surface area contributed by atoms with Gasteiger partial charge in [-0.2, -0.15) is 0 Å². The van der Waals surface area contributed by atoms with Gasteiger partial charge < -0.3 is 0 Å². The monoisotopic (exact) mass is 281 g/mol. The van der Waals surface area contributed by atoms with Gasteiger partial charge in [0.15, 0.2) is 0 Å². The molecule has 2 fully saturated rings. The highest BCUT2D eigenvalue weighted by Gasteiger charge is 2.47. The zero-order valence-electron chi connectivity index (χ0n) is 13.8. The summed E-state index contributed by atoms with van der Waals surface area (Å²) in [4.78, 5) is 2.70. The van der Waals surface area contributed by atoms with E-state index in [1.54, 1.807) is 0 Å². The molecule has 20 heavy (non-hydrogen) atoms. The van der Waals surface area contributed by atoms with Crippen LogP contribution in [0.4, 0.5) is 0 Å². The van der Waals surface area contributed by atoms with E-state index >= 15 is 0 Å². The summed E-state index contributed by atoms with van der Waals surface area (Å²) < 4.78 is 0. The number of nitrogens with one attached hydrogen (secondary N) is 1. The Balaban J connectivity index is 2.20. The fourth-order valence-corrected chi connectivity index (χ4v) is 5.18. The van der Waals surface area contributed by atoms with Crippen molar-refractivity contribution in [1.29, 1.82) is 0 Å². The van der Waals surface area contributed by atoms with Crippen LogP contribution in [-0.4, -0.2) is 29.6 Å². The van der Waals surface area contributed by atoms with Crippen molar-refractivity contribution in [1.82, 2.24) is 10.3 Å². The molecule has 0 aliphatic heterocycles. The molecule has 3 atom stereocenters. The SMILES string of the molecule is CCN(CC)C1(C(NN)C2CCCC(C)C2)CCCC1. The molecule has 3 N–H and O–H groups in total. The maximum Gasteiger partial charge on any atom is 0.0423 e. The Hall–Kier alpha value is -0.120. The summed E-state index contributed by atoms with van der Waals surface area (Å²) in [5.41, 5.74) is 3.60. The van der Waals surface area contributed by atoms with Crippen molar-refractivity contribution in [3.63, 3.8) is 0 Å². The quantitative estimate of drug-likeness (QED) is 0.580. The number of nitrogens with zero attached hydrogens (tertiary/aromatic N) is 1. The zero-order chi connectivity index (χ0) is 14.6. The van der Waals surface area contributed by atoms with Crippen molar-refractivity contribution in [3.8, 4) is 0 Å².